The van der Waals surface area contributed by atoms with Crippen LogP contribution >= 0.6 is 0 Å². The van der Waals surface area contributed by atoms with E-state index in [1.165, 1.54) is 11.1 Å². The van der Waals surface area contributed by atoms with Crippen LogP contribution in [0.2, 0.25) is 0 Å². The molecule has 8 rings (SSSR count). The summed E-state index contributed by atoms with van der Waals surface area (Å²) in [6.07, 6.45) is 8.95. The third-order valence-electron chi connectivity index (χ3n) is 8.28. The van der Waals surface area contributed by atoms with Crippen LogP contribution in [0.15, 0.2) is 116 Å². The summed E-state index contributed by atoms with van der Waals surface area (Å²) in [5, 5.41) is 1.90. The van der Waals surface area contributed by atoms with E-state index in [2.05, 4.69) is 70.2 Å². The van der Waals surface area contributed by atoms with Crippen molar-refractivity contribution in [3.8, 4) is 51.5 Å². The van der Waals surface area contributed by atoms with Crippen LogP contribution in [0.4, 0.5) is 0 Å². The van der Waals surface area contributed by atoms with Crippen molar-refractivity contribution in [2.45, 2.75) is 26.7 Å². The molecule has 7 nitrogen and oxygen atoms in total. The predicted octanol–water partition coefficient (Wildman–Crippen LogP) is 9.60. The summed E-state index contributed by atoms with van der Waals surface area (Å²) in [7, 11) is 0. The third-order valence-corrected chi connectivity index (χ3v) is 8.28. The van der Waals surface area contributed by atoms with E-state index in [1.807, 2.05) is 89.8 Å². The minimum Gasteiger partial charge on any atom is -0.503 e. The van der Waals surface area contributed by atoms with Crippen LogP contribution in [0.1, 0.15) is 25.0 Å². The van der Waals surface area contributed by atoms with Crippen LogP contribution in [0, 0.1) is 24.3 Å². The molecule has 0 unspecified atom stereocenters. The Labute approximate surface area is 324 Å². The summed E-state index contributed by atoms with van der Waals surface area (Å²) in [4.78, 5) is 18.2. The Hall–Kier alpha value is -4.99. The average molecular weight is 937 g/mol. The van der Waals surface area contributed by atoms with Gasteiger partial charge in [-0.15, -0.1) is 71.8 Å². The van der Waals surface area contributed by atoms with Crippen LogP contribution in [0.25, 0.3) is 50.3 Å². The minimum absolute atomic E-state index is 0. The van der Waals surface area contributed by atoms with Gasteiger partial charge in [0.1, 0.15) is 0 Å². The van der Waals surface area contributed by atoms with Crippen LogP contribution in [-0.2, 0) is 54.3 Å². The van der Waals surface area contributed by atoms with Gasteiger partial charge >= 0.3 is 41.5 Å². The molecule has 0 aliphatic heterocycles. The van der Waals surface area contributed by atoms with Gasteiger partial charge in [0.25, 0.3) is 0 Å². The molecule has 9 heteroatoms. The second-order valence-corrected chi connectivity index (χ2v) is 11.4. The molecular weight excluding hydrogens is 908 g/mol. The second-order valence-electron chi connectivity index (χ2n) is 11.4. The van der Waals surface area contributed by atoms with E-state index in [-0.39, 0.29) is 41.5 Å². The quantitative estimate of drug-likeness (QED) is 0.106. The largest absolute Gasteiger partial charge is 2.00 e. The number of benzene rings is 4. The van der Waals surface area contributed by atoms with Crippen molar-refractivity contribution in [2.24, 2.45) is 0 Å². The van der Waals surface area contributed by atoms with Crippen molar-refractivity contribution in [3.63, 3.8) is 0 Å². The number of ether oxygens (including phenoxy) is 2. The standard InChI is InChI=1S/C42H29N5O2.Pd.Pt/c1-3-28-16-20-43-38(22-28)30-8-5-10-32(24-30)48-34-12-14-36-37-15-13-35(27-41(37)47(40(36)26-34)42-45-18-7-19-46-42)49-33-11-6-9-31(25-33)39-23-29(4-2)17-21-44-39;;/h5-23H,3-4H2,1-2H3;;/q-4;2*+2. The van der Waals surface area contributed by atoms with Gasteiger partial charge in [-0.05, 0) is 42.4 Å². The first-order valence-electron chi connectivity index (χ1n) is 16.2. The molecule has 0 radical (unpaired) electrons. The Kier molecular flexibility index (Phi) is 11.2. The Morgan fingerprint density at radius 2 is 1.00 bits per heavy atom. The van der Waals surface area contributed by atoms with Gasteiger partial charge in [-0.3, -0.25) is 0 Å². The number of fused-ring (bicyclic) bond motifs is 3. The summed E-state index contributed by atoms with van der Waals surface area (Å²) in [5.41, 5.74) is 7.34. The monoisotopic (exact) mass is 936 g/mol. The van der Waals surface area contributed by atoms with E-state index in [4.69, 9.17) is 9.47 Å². The zero-order valence-electron chi connectivity index (χ0n) is 27.6. The maximum Gasteiger partial charge on any atom is 2.00 e. The van der Waals surface area contributed by atoms with Gasteiger partial charge in [0.05, 0.1) is 0 Å². The molecule has 0 aliphatic rings. The Morgan fingerprint density at radius 1 is 0.529 bits per heavy atom. The fraction of sp³-hybridized carbons (Fsp3) is 0.0952. The molecule has 8 aromatic rings. The molecule has 0 fully saturated rings. The summed E-state index contributed by atoms with van der Waals surface area (Å²) in [5.74, 6) is 2.66. The van der Waals surface area contributed by atoms with Gasteiger partial charge < -0.3 is 24.0 Å². The van der Waals surface area contributed by atoms with E-state index in [0.29, 0.717) is 28.9 Å². The number of aryl methyl sites for hydroxylation is 2. The Bertz CT molecular complexity index is 2300. The fourth-order valence-corrected chi connectivity index (χ4v) is 5.79. The first-order chi connectivity index (χ1) is 24.1. The van der Waals surface area contributed by atoms with Crippen molar-refractivity contribution < 1.29 is 51.0 Å². The molecule has 0 aliphatic carbocycles. The van der Waals surface area contributed by atoms with Gasteiger partial charge in [-0.1, -0.05) is 60.3 Å². The normalized spacial score (nSPS) is 10.8. The zero-order chi connectivity index (χ0) is 33.2. The maximum absolute atomic E-state index is 6.32. The molecule has 0 bridgehead atoms. The van der Waals surface area contributed by atoms with Crippen molar-refractivity contribution >= 4 is 21.8 Å². The summed E-state index contributed by atoms with van der Waals surface area (Å²) < 4.78 is 14.6. The number of nitrogens with zero attached hydrogens (tertiary/aromatic N) is 5. The third kappa shape index (κ3) is 7.55. The number of rotatable bonds is 9. The van der Waals surface area contributed by atoms with E-state index < -0.39 is 0 Å². The first kappa shape index (κ1) is 35.8. The van der Waals surface area contributed by atoms with Crippen LogP contribution in [0.3, 0.4) is 0 Å². The topological polar surface area (TPSA) is 75.0 Å². The number of hydrogen-bond donors (Lipinski definition) is 0. The fourth-order valence-electron chi connectivity index (χ4n) is 5.79. The average Bonchev–Trinajstić information content (AvgIpc) is 3.48. The van der Waals surface area contributed by atoms with E-state index in [1.54, 1.807) is 18.5 Å². The van der Waals surface area contributed by atoms with Crippen LogP contribution in [0.5, 0.6) is 23.0 Å². The van der Waals surface area contributed by atoms with Gasteiger partial charge in [0.15, 0.2) is 0 Å². The molecule has 0 N–H and O–H groups in total. The SMILES string of the molecule is CCc1ccnc(-c2[c-]c(Oc3[c-]c4c(cc3)c3ccc(Oc5[c-]c(-c6cc(CC)ccn6)ccc5)[c-]c3n4-c3ncccn3)ccc2)c1.[Pd+2].[Pt+2]. The van der Waals surface area contributed by atoms with Crippen molar-refractivity contribution in [1.29, 1.82) is 0 Å². The maximum atomic E-state index is 6.32. The van der Waals surface area contributed by atoms with Crippen LogP contribution in [-0.4, -0.2) is 24.5 Å². The molecule has 0 atom stereocenters. The zero-order valence-corrected chi connectivity index (χ0v) is 31.4. The van der Waals surface area contributed by atoms with E-state index >= 15 is 0 Å². The predicted molar refractivity (Wildman–Crippen MR) is 190 cm³/mol. The van der Waals surface area contributed by atoms with Gasteiger partial charge in [0.2, 0.25) is 5.95 Å². The number of hydrogen-bond acceptors (Lipinski definition) is 6. The van der Waals surface area contributed by atoms with Crippen molar-refractivity contribution in [1.82, 2.24) is 24.5 Å². The van der Waals surface area contributed by atoms with Crippen molar-refractivity contribution in [2.75, 3.05) is 0 Å². The van der Waals surface area contributed by atoms with Gasteiger partial charge in [-0.2, -0.15) is 22.9 Å². The number of pyridine rings is 2. The van der Waals surface area contributed by atoms with Gasteiger partial charge in [0, 0.05) is 47.8 Å². The molecule has 254 valence electrons. The molecule has 4 aromatic heterocycles. The molecule has 4 aromatic carbocycles. The first-order valence-corrected chi connectivity index (χ1v) is 16.2. The molecular formula is C42H29N5O2PdPt. The second kappa shape index (κ2) is 15.9. The smallest absolute Gasteiger partial charge is 0.503 e. The molecule has 51 heavy (non-hydrogen) atoms. The van der Waals surface area contributed by atoms with E-state index in [9.17, 15) is 0 Å². The molecule has 0 spiro atoms. The van der Waals surface area contributed by atoms with Crippen molar-refractivity contribution in [3.05, 3.63) is 151 Å². The number of aromatic nitrogens is 5. The van der Waals surface area contributed by atoms with Crippen LogP contribution < -0.4 is 9.47 Å². The van der Waals surface area contributed by atoms with E-state index in [0.717, 1.165) is 57.2 Å². The Balaban J connectivity index is 0.00000224. The molecule has 0 saturated heterocycles. The summed E-state index contributed by atoms with van der Waals surface area (Å²) in [6, 6.07) is 43.1. The summed E-state index contributed by atoms with van der Waals surface area (Å²) in [6.45, 7) is 4.26. The summed E-state index contributed by atoms with van der Waals surface area (Å²) >= 11 is 0. The molecule has 0 amide bonds. The Morgan fingerprint density at radius 3 is 1.47 bits per heavy atom. The minimum atomic E-state index is 0. The van der Waals surface area contributed by atoms with Gasteiger partial charge in [-0.25, -0.2) is 9.97 Å². The molecule has 4 heterocycles. The molecule has 0 saturated carbocycles.